The van der Waals surface area contributed by atoms with Crippen molar-refractivity contribution in [3.05, 3.63) is 45.5 Å². The number of halogens is 2. The lowest BCUT2D eigenvalue weighted by molar-refractivity contribution is -0.383. The zero-order chi connectivity index (χ0) is 29.9. The van der Waals surface area contributed by atoms with E-state index >= 15 is 0 Å². The molecular weight excluding hydrogens is 584 g/mol. The van der Waals surface area contributed by atoms with Crippen LogP contribution in [0.5, 0.6) is 0 Å². The van der Waals surface area contributed by atoms with E-state index in [4.69, 9.17) is 9.47 Å². The van der Waals surface area contributed by atoms with Gasteiger partial charge >= 0.3 is 5.69 Å². The Balaban J connectivity index is 1.57. The number of anilines is 2. The summed E-state index contributed by atoms with van der Waals surface area (Å²) in [6.07, 6.45) is -0.184. The van der Waals surface area contributed by atoms with Crippen LogP contribution < -0.4 is 9.62 Å². The molecule has 224 valence electrons. The SMILES string of the molecule is CCCSc1nc(N[C@@H]2C[C@H](O)[C@H]3OC(C)(C)O[C@H]32)c([N+](=O)[O-])c(N([C@@H]2C[C@H]2c2ccc(F)c(F)c2)S(C)(=O)=O)n1. The minimum atomic E-state index is -4.14. The number of benzene rings is 1. The molecule has 2 saturated carbocycles. The summed E-state index contributed by atoms with van der Waals surface area (Å²) in [7, 11) is -4.14. The summed E-state index contributed by atoms with van der Waals surface area (Å²) in [6.45, 7) is 5.32. The highest BCUT2D eigenvalue weighted by molar-refractivity contribution is 7.99. The maximum absolute atomic E-state index is 13.9. The van der Waals surface area contributed by atoms with Crippen molar-refractivity contribution in [3.8, 4) is 0 Å². The second kappa shape index (κ2) is 10.9. The molecule has 3 aliphatic rings. The first-order valence-electron chi connectivity index (χ1n) is 13.1. The van der Waals surface area contributed by atoms with Crippen LogP contribution in [0.15, 0.2) is 23.4 Å². The van der Waals surface area contributed by atoms with E-state index in [2.05, 4.69) is 15.3 Å². The number of sulfonamides is 1. The molecule has 0 spiro atoms. The minimum absolute atomic E-state index is 0.118. The van der Waals surface area contributed by atoms with E-state index in [9.17, 15) is 32.4 Å². The Kier molecular flexibility index (Phi) is 7.91. The molecule has 0 unspecified atom stereocenters. The number of hydrogen-bond donors (Lipinski definition) is 2. The average molecular weight is 616 g/mol. The number of aliphatic hydroxyl groups is 1. The van der Waals surface area contributed by atoms with Crippen LogP contribution in [0.1, 0.15) is 51.5 Å². The fraction of sp³-hybridized carbons (Fsp3) is 0.600. The Morgan fingerprint density at radius 3 is 2.56 bits per heavy atom. The van der Waals surface area contributed by atoms with Crippen molar-refractivity contribution in [1.29, 1.82) is 0 Å². The van der Waals surface area contributed by atoms with Gasteiger partial charge in [-0.2, -0.15) is 9.97 Å². The van der Waals surface area contributed by atoms with Gasteiger partial charge in [0.25, 0.3) is 0 Å². The third kappa shape index (κ3) is 5.98. The summed E-state index contributed by atoms with van der Waals surface area (Å²) >= 11 is 1.20. The normalized spacial score (nSPS) is 28.4. The van der Waals surface area contributed by atoms with Gasteiger partial charge in [0, 0.05) is 11.7 Å². The van der Waals surface area contributed by atoms with E-state index in [0.29, 0.717) is 11.3 Å². The number of hydrogen-bond acceptors (Lipinski definition) is 11. The number of nitrogens with one attached hydrogen (secondary N) is 1. The maximum Gasteiger partial charge on any atom is 0.354 e. The predicted molar refractivity (Wildman–Crippen MR) is 146 cm³/mol. The van der Waals surface area contributed by atoms with Gasteiger partial charge in [-0.1, -0.05) is 24.8 Å². The molecule has 0 radical (unpaired) electrons. The fourth-order valence-corrected chi connectivity index (χ4v) is 7.34. The van der Waals surface area contributed by atoms with E-state index in [1.807, 2.05) is 6.92 Å². The van der Waals surface area contributed by atoms with E-state index in [1.165, 1.54) is 17.8 Å². The average Bonchev–Trinajstić information content (AvgIpc) is 3.49. The summed E-state index contributed by atoms with van der Waals surface area (Å²) in [5, 5.41) is 26.2. The van der Waals surface area contributed by atoms with Crippen LogP contribution in [0, 0.1) is 21.7 Å². The summed E-state index contributed by atoms with van der Waals surface area (Å²) in [5.41, 5.74) is -0.298. The summed E-state index contributed by atoms with van der Waals surface area (Å²) in [6, 6.07) is 1.87. The van der Waals surface area contributed by atoms with E-state index in [0.717, 1.165) is 29.1 Å². The lowest BCUT2D eigenvalue weighted by Crippen LogP contribution is -2.36. The molecule has 1 aromatic heterocycles. The molecule has 3 fully saturated rings. The monoisotopic (exact) mass is 615 g/mol. The van der Waals surface area contributed by atoms with Crippen molar-refractivity contribution in [1.82, 2.24) is 9.97 Å². The van der Waals surface area contributed by atoms with Crippen LogP contribution >= 0.6 is 11.8 Å². The van der Waals surface area contributed by atoms with Crippen molar-refractivity contribution in [2.45, 2.75) is 87.3 Å². The van der Waals surface area contributed by atoms with E-state index in [1.54, 1.807) is 13.8 Å². The topological polar surface area (TPSA) is 157 Å². The molecule has 1 aromatic carbocycles. The van der Waals surface area contributed by atoms with Crippen molar-refractivity contribution >= 4 is 39.1 Å². The number of nitro groups is 1. The lowest BCUT2D eigenvalue weighted by atomic mass is 10.1. The first-order chi connectivity index (χ1) is 19.2. The van der Waals surface area contributed by atoms with Gasteiger partial charge in [-0.25, -0.2) is 21.5 Å². The number of fused-ring (bicyclic) bond motifs is 1. The van der Waals surface area contributed by atoms with Crippen molar-refractivity contribution < 1.29 is 36.7 Å². The highest BCUT2D eigenvalue weighted by atomic mass is 32.2. The fourth-order valence-electron chi connectivity index (χ4n) is 5.48. The Labute approximate surface area is 240 Å². The Hall–Kier alpha value is -2.66. The number of aliphatic hydroxyl groups excluding tert-OH is 1. The predicted octanol–water partition coefficient (Wildman–Crippen LogP) is 3.55. The quantitative estimate of drug-likeness (QED) is 0.174. The Bertz CT molecular complexity index is 1460. The lowest BCUT2D eigenvalue weighted by Gasteiger charge is -2.25. The molecule has 5 rings (SSSR count). The van der Waals surface area contributed by atoms with Gasteiger partial charge < -0.3 is 19.9 Å². The number of thioether (sulfide) groups is 1. The third-order valence-corrected chi connectivity index (χ3v) is 9.43. The van der Waals surface area contributed by atoms with Gasteiger partial charge in [0.2, 0.25) is 21.7 Å². The standard InChI is InChI=1S/C25H31F2N5O7S2/c1-5-8-40-24-29-22(28-16-11-18(33)21-20(16)38-25(2,3)39-21)19(32(34)35)23(30-24)31(41(4,36)37)17-10-13(17)12-6-7-14(26)15(27)9-12/h6-7,9,13,16-18,20-21,33H,5,8,10-11H2,1-4H3,(H,28,29,30)/t13-,16+,17+,18-,20-,21+/m0/s1. The van der Waals surface area contributed by atoms with Gasteiger partial charge in [-0.05, 0) is 50.8 Å². The first-order valence-corrected chi connectivity index (χ1v) is 16.0. The smallest absolute Gasteiger partial charge is 0.354 e. The van der Waals surface area contributed by atoms with Gasteiger partial charge in [0.1, 0.15) is 12.2 Å². The highest BCUT2D eigenvalue weighted by Crippen LogP contribution is 2.50. The van der Waals surface area contributed by atoms with Crippen LogP contribution in [0.3, 0.4) is 0 Å². The van der Waals surface area contributed by atoms with Gasteiger partial charge in [0.15, 0.2) is 22.6 Å². The molecule has 6 atom stereocenters. The molecular formula is C25H31F2N5O7S2. The Morgan fingerprint density at radius 1 is 1.22 bits per heavy atom. The zero-order valence-electron chi connectivity index (χ0n) is 22.8. The van der Waals surface area contributed by atoms with Crippen molar-refractivity contribution in [3.63, 3.8) is 0 Å². The third-order valence-electron chi connectivity index (χ3n) is 7.22. The summed E-state index contributed by atoms with van der Waals surface area (Å²) in [4.78, 5) is 20.5. The maximum atomic E-state index is 13.9. The van der Waals surface area contributed by atoms with Crippen molar-refractivity contribution in [2.75, 3.05) is 21.6 Å². The molecule has 2 N–H and O–H groups in total. The molecule has 12 nitrogen and oxygen atoms in total. The van der Waals surface area contributed by atoms with E-state index < -0.39 is 80.2 Å². The van der Waals surface area contributed by atoms with Crippen LogP contribution in [-0.2, 0) is 19.5 Å². The second-order valence-electron chi connectivity index (χ2n) is 10.9. The minimum Gasteiger partial charge on any atom is -0.390 e. The van der Waals surface area contributed by atoms with Gasteiger partial charge in [-0.15, -0.1) is 0 Å². The molecule has 2 heterocycles. The van der Waals surface area contributed by atoms with E-state index in [-0.39, 0.29) is 23.8 Å². The number of nitrogens with zero attached hydrogens (tertiary/aromatic N) is 4. The summed E-state index contributed by atoms with van der Waals surface area (Å²) < 4.78 is 66.4. The van der Waals surface area contributed by atoms with Crippen LogP contribution in [0.2, 0.25) is 0 Å². The molecule has 1 aliphatic heterocycles. The van der Waals surface area contributed by atoms with Gasteiger partial charge in [0.05, 0.1) is 29.4 Å². The van der Waals surface area contributed by atoms with Gasteiger partial charge in [-0.3, -0.25) is 10.1 Å². The molecule has 0 bridgehead atoms. The zero-order valence-corrected chi connectivity index (χ0v) is 24.4. The van der Waals surface area contributed by atoms with Crippen LogP contribution in [-0.4, -0.2) is 76.6 Å². The largest absolute Gasteiger partial charge is 0.390 e. The number of aromatic nitrogens is 2. The molecule has 1 saturated heterocycles. The van der Waals surface area contributed by atoms with Crippen LogP contribution in [0.4, 0.5) is 26.1 Å². The first kappa shape index (κ1) is 29.8. The number of rotatable bonds is 10. The highest BCUT2D eigenvalue weighted by Gasteiger charge is 2.55. The molecule has 16 heteroatoms. The van der Waals surface area contributed by atoms with Crippen LogP contribution in [0.25, 0.3) is 0 Å². The number of ether oxygens (including phenoxy) is 2. The molecule has 2 aliphatic carbocycles. The summed E-state index contributed by atoms with van der Waals surface area (Å²) in [5.74, 6) is -3.70. The Morgan fingerprint density at radius 2 is 1.93 bits per heavy atom. The second-order valence-corrected chi connectivity index (χ2v) is 13.8. The molecule has 2 aromatic rings. The molecule has 41 heavy (non-hydrogen) atoms. The molecule has 0 amide bonds. The van der Waals surface area contributed by atoms with Crippen molar-refractivity contribution in [2.24, 2.45) is 0 Å².